The number of amidine groups is 1. The molecule has 3 nitrogen and oxygen atoms in total. The summed E-state index contributed by atoms with van der Waals surface area (Å²) < 4.78 is 5.24. The number of ether oxygens (including phenoxy) is 1. The van der Waals surface area contributed by atoms with Gasteiger partial charge in [0.25, 0.3) is 0 Å². The van der Waals surface area contributed by atoms with Crippen molar-refractivity contribution < 1.29 is 4.74 Å². The van der Waals surface area contributed by atoms with E-state index in [9.17, 15) is 0 Å². The lowest BCUT2D eigenvalue weighted by molar-refractivity contribution is 0.336. The minimum absolute atomic E-state index is 0.497. The monoisotopic (exact) mass is 310 g/mol. The van der Waals surface area contributed by atoms with Gasteiger partial charge >= 0.3 is 0 Å². The molecule has 2 aliphatic rings. The molecule has 3 rings (SSSR count). The van der Waals surface area contributed by atoms with Crippen molar-refractivity contribution in [1.29, 1.82) is 0 Å². The number of aliphatic imine (C=N–C) groups is 1. The SMILES string of the molecule is COc1ccc(Cl)c(NC2=NC3CCCCC3CS2)c1. The van der Waals surface area contributed by atoms with Crippen LogP contribution in [-0.4, -0.2) is 24.1 Å². The smallest absolute Gasteiger partial charge is 0.161 e. The summed E-state index contributed by atoms with van der Waals surface area (Å²) in [7, 11) is 1.66. The van der Waals surface area contributed by atoms with Gasteiger partial charge in [0.05, 0.1) is 23.9 Å². The topological polar surface area (TPSA) is 33.6 Å². The van der Waals surface area contributed by atoms with Gasteiger partial charge < -0.3 is 10.1 Å². The average Bonchev–Trinajstić information content (AvgIpc) is 2.49. The quantitative estimate of drug-likeness (QED) is 0.877. The minimum atomic E-state index is 0.497. The summed E-state index contributed by atoms with van der Waals surface area (Å²) >= 11 is 8.03. The third-order valence-electron chi connectivity index (χ3n) is 4.00. The second-order valence-corrected chi connectivity index (χ2v) is 6.74. The zero-order valence-electron chi connectivity index (χ0n) is 11.6. The Morgan fingerprint density at radius 2 is 2.20 bits per heavy atom. The highest BCUT2D eigenvalue weighted by Gasteiger charge is 2.29. The van der Waals surface area contributed by atoms with Gasteiger partial charge in [-0.25, -0.2) is 0 Å². The molecule has 0 radical (unpaired) electrons. The predicted molar refractivity (Wildman–Crippen MR) is 87.3 cm³/mol. The van der Waals surface area contributed by atoms with Crippen LogP contribution >= 0.6 is 23.4 Å². The number of benzene rings is 1. The van der Waals surface area contributed by atoms with Crippen molar-refractivity contribution in [1.82, 2.24) is 0 Å². The first-order valence-electron chi connectivity index (χ1n) is 7.07. The number of hydrogen-bond acceptors (Lipinski definition) is 4. The second kappa shape index (κ2) is 6.27. The molecular formula is C15H19ClN2OS. The summed E-state index contributed by atoms with van der Waals surface area (Å²) in [6, 6.07) is 6.12. The first-order valence-corrected chi connectivity index (χ1v) is 8.44. The van der Waals surface area contributed by atoms with Crippen molar-refractivity contribution in [3.05, 3.63) is 23.2 Å². The Morgan fingerprint density at radius 3 is 3.05 bits per heavy atom. The van der Waals surface area contributed by atoms with Gasteiger partial charge in [0, 0.05) is 11.8 Å². The summed E-state index contributed by atoms with van der Waals surface area (Å²) in [6.45, 7) is 0. The molecule has 1 N–H and O–H groups in total. The number of rotatable bonds is 2. The lowest BCUT2D eigenvalue weighted by Crippen LogP contribution is -2.31. The van der Waals surface area contributed by atoms with Gasteiger partial charge in [-0.1, -0.05) is 36.2 Å². The van der Waals surface area contributed by atoms with Crippen LogP contribution in [0.25, 0.3) is 0 Å². The second-order valence-electron chi connectivity index (χ2n) is 5.33. The molecule has 0 amide bonds. The van der Waals surface area contributed by atoms with E-state index < -0.39 is 0 Å². The van der Waals surface area contributed by atoms with Crippen LogP contribution in [0, 0.1) is 5.92 Å². The van der Waals surface area contributed by atoms with Crippen molar-refractivity contribution in [3.8, 4) is 5.75 Å². The summed E-state index contributed by atoms with van der Waals surface area (Å²) in [4.78, 5) is 4.86. The molecule has 0 bridgehead atoms. The van der Waals surface area contributed by atoms with E-state index in [4.69, 9.17) is 21.3 Å². The summed E-state index contributed by atoms with van der Waals surface area (Å²) in [5.74, 6) is 2.73. The number of methoxy groups -OCH3 is 1. The molecule has 5 heteroatoms. The first kappa shape index (κ1) is 14.1. The Kier molecular flexibility index (Phi) is 4.41. The van der Waals surface area contributed by atoms with E-state index in [1.54, 1.807) is 18.9 Å². The van der Waals surface area contributed by atoms with E-state index in [-0.39, 0.29) is 0 Å². The van der Waals surface area contributed by atoms with Crippen LogP contribution in [0.15, 0.2) is 23.2 Å². The average molecular weight is 311 g/mol. The fourth-order valence-electron chi connectivity index (χ4n) is 2.84. The van der Waals surface area contributed by atoms with Gasteiger partial charge in [-0.3, -0.25) is 4.99 Å². The molecule has 1 aliphatic carbocycles. The van der Waals surface area contributed by atoms with Gasteiger partial charge in [0.2, 0.25) is 0 Å². The standard InChI is InChI=1S/C15H19ClN2OS/c1-19-11-6-7-12(16)14(8-11)18-15-17-13-5-3-2-4-10(13)9-20-15/h6-8,10,13H,2-5,9H2,1H3,(H,17,18). The van der Waals surface area contributed by atoms with Gasteiger partial charge in [-0.15, -0.1) is 0 Å². The summed E-state index contributed by atoms with van der Waals surface area (Å²) in [5, 5.41) is 5.04. The first-order chi connectivity index (χ1) is 9.76. The number of thioether (sulfide) groups is 1. The van der Waals surface area contributed by atoms with E-state index in [0.29, 0.717) is 11.1 Å². The third-order valence-corrected chi connectivity index (χ3v) is 5.41. The fourth-order valence-corrected chi connectivity index (χ4v) is 4.15. The highest BCUT2D eigenvalue weighted by molar-refractivity contribution is 8.14. The lowest BCUT2D eigenvalue weighted by Gasteiger charge is -2.32. The van der Waals surface area contributed by atoms with Gasteiger partial charge in [0.1, 0.15) is 5.75 Å². The van der Waals surface area contributed by atoms with Crippen LogP contribution < -0.4 is 10.1 Å². The molecule has 1 saturated carbocycles. The zero-order valence-corrected chi connectivity index (χ0v) is 13.1. The normalized spacial score (nSPS) is 25.6. The van der Waals surface area contributed by atoms with Crippen LogP contribution in [-0.2, 0) is 0 Å². The van der Waals surface area contributed by atoms with Crippen molar-refractivity contribution in [2.24, 2.45) is 10.9 Å². The molecule has 0 spiro atoms. The molecular weight excluding hydrogens is 292 g/mol. The molecule has 1 aliphatic heterocycles. The number of fused-ring (bicyclic) bond motifs is 1. The predicted octanol–water partition coefficient (Wildman–Crippen LogP) is 4.42. The van der Waals surface area contributed by atoms with Crippen molar-refractivity contribution in [3.63, 3.8) is 0 Å². The van der Waals surface area contributed by atoms with Crippen LogP contribution in [0.5, 0.6) is 5.75 Å². The van der Waals surface area contributed by atoms with E-state index in [2.05, 4.69) is 5.32 Å². The van der Waals surface area contributed by atoms with Crippen LogP contribution in [0.3, 0.4) is 0 Å². The van der Waals surface area contributed by atoms with Crippen molar-refractivity contribution in [2.75, 3.05) is 18.2 Å². The Balaban J connectivity index is 1.76. The van der Waals surface area contributed by atoms with Crippen molar-refractivity contribution >= 4 is 34.2 Å². The Bertz CT molecular complexity index is 521. The van der Waals surface area contributed by atoms with E-state index in [1.165, 1.54) is 25.7 Å². The maximum absolute atomic E-state index is 6.23. The number of nitrogens with one attached hydrogen (secondary N) is 1. The molecule has 1 aromatic rings. The lowest BCUT2D eigenvalue weighted by atomic mass is 9.86. The van der Waals surface area contributed by atoms with Gasteiger partial charge in [-0.05, 0) is 30.9 Å². The molecule has 1 aromatic carbocycles. The van der Waals surface area contributed by atoms with Crippen molar-refractivity contribution in [2.45, 2.75) is 31.7 Å². The van der Waals surface area contributed by atoms with Crippen LogP contribution in [0.2, 0.25) is 5.02 Å². The summed E-state index contributed by atoms with van der Waals surface area (Å²) in [6.07, 6.45) is 5.22. The number of anilines is 1. The Morgan fingerprint density at radius 1 is 1.35 bits per heavy atom. The number of nitrogens with zero attached hydrogens (tertiary/aromatic N) is 1. The fraction of sp³-hybridized carbons (Fsp3) is 0.533. The molecule has 2 atom stereocenters. The van der Waals surface area contributed by atoms with E-state index >= 15 is 0 Å². The van der Waals surface area contributed by atoms with E-state index in [0.717, 1.165) is 28.3 Å². The third kappa shape index (κ3) is 3.07. The number of halogens is 1. The maximum atomic E-state index is 6.23. The largest absolute Gasteiger partial charge is 0.497 e. The molecule has 108 valence electrons. The van der Waals surface area contributed by atoms with Crippen LogP contribution in [0.1, 0.15) is 25.7 Å². The molecule has 2 unspecified atom stereocenters. The van der Waals surface area contributed by atoms with E-state index in [1.807, 2.05) is 18.2 Å². The Labute approximate surface area is 129 Å². The molecule has 0 saturated heterocycles. The highest BCUT2D eigenvalue weighted by Crippen LogP contribution is 2.35. The maximum Gasteiger partial charge on any atom is 0.161 e. The van der Waals surface area contributed by atoms with Gasteiger partial charge in [-0.2, -0.15) is 0 Å². The highest BCUT2D eigenvalue weighted by atomic mass is 35.5. The number of hydrogen-bond donors (Lipinski definition) is 1. The van der Waals surface area contributed by atoms with Crippen LogP contribution in [0.4, 0.5) is 5.69 Å². The molecule has 0 aromatic heterocycles. The minimum Gasteiger partial charge on any atom is -0.497 e. The molecule has 1 fully saturated rings. The Hall–Kier alpha value is -0.870. The summed E-state index contributed by atoms with van der Waals surface area (Å²) in [5.41, 5.74) is 0.867. The van der Waals surface area contributed by atoms with Gasteiger partial charge in [0.15, 0.2) is 5.17 Å². The molecule has 1 heterocycles. The zero-order chi connectivity index (χ0) is 13.9. The molecule has 20 heavy (non-hydrogen) atoms.